The first kappa shape index (κ1) is 20.1. The lowest BCUT2D eigenvalue weighted by Gasteiger charge is -2.10. The van der Waals surface area contributed by atoms with Gasteiger partial charge in [-0.15, -0.1) is 0 Å². The number of amides is 1. The van der Waals surface area contributed by atoms with Crippen LogP contribution in [0.25, 0.3) is 0 Å². The fourth-order valence-electron chi connectivity index (χ4n) is 2.85. The smallest absolute Gasteiger partial charge is 0.259 e. The molecule has 5 nitrogen and oxygen atoms in total. The zero-order valence-corrected chi connectivity index (χ0v) is 16.7. The van der Waals surface area contributed by atoms with Crippen molar-refractivity contribution in [1.29, 1.82) is 0 Å². The molecule has 0 aliphatic carbocycles. The molecular weight excluding hydrogens is 362 g/mol. The minimum absolute atomic E-state index is 0.146. The maximum Gasteiger partial charge on any atom is 0.259 e. The summed E-state index contributed by atoms with van der Waals surface area (Å²) in [7, 11) is 0. The highest BCUT2D eigenvalue weighted by Gasteiger charge is 2.04. The molecule has 3 aromatic rings. The third-order valence-corrected chi connectivity index (χ3v) is 4.37. The van der Waals surface area contributed by atoms with Crippen LogP contribution in [0.3, 0.4) is 0 Å². The lowest BCUT2D eigenvalue weighted by molar-refractivity contribution is -0.119. The molecule has 0 heterocycles. The Bertz CT molecular complexity index is 984. The predicted molar refractivity (Wildman–Crippen MR) is 117 cm³/mol. The lowest BCUT2D eigenvalue weighted by atomic mass is 10.1. The highest BCUT2D eigenvalue weighted by Crippen LogP contribution is 2.18. The van der Waals surface area contributed by atoms with Crippen molar-refractivity contribution in [3.05, 3.63) is 95.1 Å². The summed E-state index contributed by atoms with van der Waals surface area (Å²) in [4.78, 5) is 12.1. The molecule has 2 N–H and O–H groups in total. The molecule has 1 amide bonds. The minimum atomic E-state index is -0.219. The number of hydrogen-bond donors (Lipinski definition) is 2. The van der Waals surface area contributed by atoms with E-state index in [9.17, 15) is 4.79 Å². The molecule has 0 aliphatic rings. The summed E-state index contributed by atoms with van der Waals surface area (Å²) in [5, 5.41) is 7.19. The maximum absolute atomic E-state index is 12.1. The van der Waals surface area contributed by atoms with Gasteiger partial charge in [0.2, 0.25) is 0 Å². The van der Waals surface area contributed by atoms with E-state index < -0.39 is 0 Å². The van der Waals surface area contributed by atoms with Gasteiger partial charge in [-0.2, -0.15) is 5.10 Å². The molecule has 3 aromatic carbocycles. The van der Waals surface area contributed by atoms with Crippen LogP contribution in [-0.4, -0.2) is 18.7 Å². The number of carbonyl (C=O) groups is 1. The molecule has 0 aliphatic heterocycles. The molecule has 0 atom stereocenters. The third-order valence-electron chi connectivity index (χ3n) is 4.37. The van der Waals surface area contributed by atoms with E-state index in [0.717, 1.165) is 22.4 Å². The summed E-state index contributed by atoms with van der Waals surface area (Å²) in [5.41, 5.74) is 7.66. The summed E-state index contributed by atoms with van der Waals surface area (Å²) in [6, 6.07) is 23.6. The highest BCUT2D eigenvalue weighted by atomic mass is 16.5. The molecule has 0 aromatic heterocycles. The van der Waals surface area contributed by atoms with Crippen molar-refractivity contribution in [2.75, 3.05) is 11.9 Å². The van der Waals surface area contributed by atoms with Crippen LogP contribution in [0.5, 0.6) is 5.75 Å². The Labute approximate surface area is 171 Å². The van der Waals surface area contributed by atoms with Crippen molar-refractivity contribution >= 4 is 17.8 Å². The number of benzene rings is 3. The second-order valence-corrected chi connectivity index (χ2v) is 6.78. The van der Waals surface area contributed by atoms with E-state index in [4.69, 9.17) is 4.74 Å². The zero-order chi connectivity index (χ0) is 20.5. The van der Waals surface area contributed by atoms with Crippen LogP contribution in [0.4, 0.5) is 5.69 Å². The SMILES string of the molecule is Cc1ccc(NCC(=O)N/N=C/c2ccccc2OCc2ccccc2)c(C)c1. The van der Waals surface area contributed by atoms with Gasteiger partial charge in [0.15, 0.2) is 0 Å². The van der Waals surface area contributed by atoms with Crippen LogP contribution >= 0.6 is 0 Å². The monoisotopic (exact) mass is 387 g/mol. The van der Waals surface area contributed by atoms with E-state index in [1.165, 1.54) is 5.56 Å². The number of rotatable bonds is 8. The first-order valence-electron chi connectivity index (χ1n) is 9.50. The minimum Gasteiger partial charge on any atom is -0.488 e. The van der Waals surface area contributed by atoms with E-state index >= 15 is 0 Å². The summed E-state index contributed by atoms with van der Waals surface area (Å²) in [6.45, 7) is 4.67. The molecule has 0 spiro atoms. The molecule has 0 bridgehead atoms. The number of anilines is 1. The zero-order valence-electron chi connectivity index (χ0n) is 16.7. The van der Waals surface area contributed by atoms with Crippen LogP contribution in [0.1, 0.15) is 22.3 Å². The van der Waals surface area contributed by atoms with E-state index in [1.54, 1.807) is 6.21 Å². The maximum atomic E-state index is 12.1. The average Bonchev–Trinajstić information content (AvgIpc) is 2.73. The van der Waals surface area contributed by atoms with E-state index in [-0.39, 0.29) is 12.5 Å². The highest BCUT2D eigenvalue weighted by molar-refractivity contribution is 5.86. The van der Waals surface area contributed by atoms with Gasteiger partial charge < -0.3 is 10.1 Å². The summed E-state index contributed by atoms with van der Waals surface area (Å²) in [5.74, 6) is 0.492. The van der Waals surface area contributed by atoms with Crippen LogP contribution in [0.2, 0.25) is 0 Å². The number of aryl methyl sites for hydroxylation is 2. The first-order valence-corrected chi connectivity index (χ1v) is 9.50. The number of nitrogens with zero attached hydrogens (tertiary/aromatic N) is 1. The van der Waals surface area contributed by atoms with Gasteiger partial charge in [-0.25, -0.2) is 5.43 Å². The molecule has 0 saturated carbocycles. The van der Waals surface area contributed by atoms with Gasteiger partial charge in [-0.1, -0.05) is 60.2 Å². The third kappa shape index (κ3) is 6.21. The lowest BCUT2D eigenvalue weighted by Crippen LogP contribution is -2.26. The number of para-hydroxylation sites is 1. The quantitative estimate of drug-likeness (QED) is 0.444. The molecule has 0 saturated heterocycles. The molecule has 148 valence electrons. The number of hydrazone groups is 1. The van der Waals surface area contributed by atoms with Gasteiger partial charge in [0.05, 0.1) is 12.8 Å². The summed E-state index contributed by atoms with van der Waals surface area (Å²) < 4.78 is 5.89. The van der Waals surface area contributed by atoms with Crippen molar-refractivity contribution in [2.45, 2.75) is 20.5 Å². The summed E-state index contributed by atoms with van der Waals surface area (Å²) in [6.07, 6.45) is 1.59. The molecule has 5 heteroatoms. The number of hydrogen-bond acceptors (Lipinski definition) is 4. The fraction of sp³-hybridized carbons (Fsp3) is 0.167. The van der Waals surface area contributed by atoms with Crippen molar-refractivity contribution in [1.82, 2.24) is 5.43 Å². The normalized spacial score (nSPS) is 10.7. The van der Waals surface area contributed by atoms with Crippen LogP contribution in [-0.2, 0) is 11.4 Å². The van der Waals surface area contributed by atoms with Crippen molar-refractivity contribution < 1.29 is 9.53 Å². The van der Waals surface area contributed by atoms with E-state index in [2.05, 4.69) is 21.9 Å². The second-order valence-electron chi connectivity index (χ2n) is 6.78. The molecule has 0 radical (unpaired) electrons. The Morgan fingerprint density at radius 3 is 2.55 bits per heavy atom. The Hall–Kier alpha value is -3.60. The van der Waals surface area contributed by atoms with Crippen LogP contribution in [0.15, 0.2) is 77.9 Å². The second kappa shape index (κ2) is 10.1. The molecule has 29 heavy (non-hydrogen) atoms. The van der Waals surface area contributed by atoms with Gasteiger partial charge in [-0.3, -0.25) is 4.79 Å². The van der Waals surface area contributed by atoms with Crippen molar-refractivity contribution in [3.63, 3.8) is 0 Å². The van der Waals surface area contributed by atoms with Gasteiger partial charge in [0.1, 0.15) is 12.4 Å². The van der Waals surface area contributed by atoms with Gasteiger partial charge in [0.25, 0.3) is 5.91 Å². The topological polar surface area (TPSA) is 62.7 Å². The van der Waals surface area contributed by atoms with Crippen LogP contribution in [0, 0.1) is 13.8 Å². The summed E-state index contributed by atoms with van der Waals surface area (Å²) >= 11 is 0. The Balaban J connectivity index is 1.52. The Kier molecular flexibility index (Phi) is 7.00. The van der Waals surface area contributed by atoms with Gasteiger partial charge in [0, 0.05) is 11.3 Å². The molecule has 0 fully saturated rings. The fourth-order valence-corrected chi connectivity index (χ4v) is 2.85. The number of carbonyl (C=O) groups excluding carboxylic acids is 1. The van der Waals surface area contributed by atoms with Crippen molar-refractivity contribution in [3.8, 4) is 5.75 Å². The van der Waals surface area contributed by atoms with Gasteiger partial charge >= 0.3 is 0 Å². The number of nitrogens with one attached hydrogen (secondary N) is 2. The van der Waals surface area contributed by atoms with Crippen LogP contribution < -0.4 is 15.5 Å². The Morgan fingerprint density at radius 2 is 1.76 bits per heavy atom. The van der Waals surface area contributed by atoms with E-state index in [1.807, 2.05) is 80.6 Å². The molecule has 0 unspecified atom stereocenters. The first-order chi connectivity index (χ1) is 14.1. The largest absolute Gasteiger partial charge is 0.488 e. The van der Waals surface area contributed by atoms with Gasteiger partial charge in [-0.05, 0) is 43.2 Å². The average molecular weight is 387 g/mol. The number of ether oxygens (including phenoxy) is 1. The van der Waals surface area contributed by atoms with Crippen molar-refractivity contribution in [2.24, 2.45) is 5.10 Å². The standard InChI is InChI=1S/C24H25N3O2/c1-18-12-13-22(19(2)14-18)25-16-24(28)27-26-15-21-10-6-7-11-23(21)29-17-20-8-4-3-5-9-20/h3-15,25H,16-17H2,1-2H3,(H,27,28)/b26-15+. The Morgan fingerprint density at radius 1 is 1.00 bits per heavy atom. The van der Waals surface area contributed by atoms with E-state index in [0.29, 0.717) is 12.4 Å². The molecular formula is C24H25N3O2. The molecule has 3 rings (SSSR count). The predicted octanol–water partition coefficient (Wildman–Crippen LogP) is 4.44.